The van der Waals surface area contributed by atoms with Gasteiger partial charge >= 0.3 is 0 Å². The molecular weight excluding hydrogens is 323 g/mol. The van der Waals surface area contributed by atoms with Gasteiger partial charge in [0.15, 0.2) is 0 Å². The highest BCUT2D eigenvalue weighted by Crippen LogP contribution is 2.37. The third kappa shape index (κ3) is 3.11. The van der Waals surface area contributed by atoms with Gasteiger partial charge in [0.25, 0.3) is 0 Å². The Kier molecular flexibility index (Phi) is 4.39. The summed E-state index contributed by atoms with van der Waals surface area (Å²) in [6.07, 6.45) is 0.155. The van der Waals surface area contributed by atoms with Crippen LogP contribution in [-0.2, 0) is 19.6 Å². The zero-order valence-electron chi connectivity index (χ0n) is 12.7. The smallest absolute Gasteiger partial charge is 0.243 e. The molecule has 126 valence electrons. The molecular formula is C15H19FN2O4S. The maximum absolute atomic E-state index is 13.0. The van der Waals surface area contributed by atoms with Gasteiger partial charge in [0.1, 0.15) is 5.82 Å². The third-order valence-corrected chi connectivity index (χ3v) is 6.43. The zero-order valence-corrected chi connectivity index (χ0v) is 13.6. The van der Waals surface area contributed by atoms with E-state index in [1.165, 1.54) is 16.4 Å². The number of halogens is 1. The molecule has 2 aliphatic heterocycles. The van der Waals surface area contributed by atoms with Crippen molar-refractivity contribution in [3.05, 3.63) is 30.1 Å². The molecule has 2 fully saturated rings. The number of nitrogens with zero attached hydrogens (tertiary/aromatic N) is 1. The lowest BCUT2D eigenvalue weighted by Gasteiger charge is -2.19. The van der Waals surface area contributed by atoms with Crippen LogP contribution in [0.15, 0.2) is 29.2 Å². The highest BCUT2D eigenvalue weighted by molar-refractivity contribution is 7.89. The SMILES string of the molecule is CNC(=O)C[C@@H]1CO[C@@H]2CN(S(=O)(=O)c3ccc(F)cc3)C[C@H]12. The van der Waals surface area contributed by atoms with Crippen LogP contribution in [0, 0.1) is 17.7 Å². The Labute approximate surface area is 134 Å². The molecule has 0 bridgehead atoms. The highest BCUT2D eigenvalue weighted by atomic mass is 32.2. The van der Waals surface area contributed by atoms with Crippen molar-refractivity contribution in [3.8, 4) is 0 Å². The van der Waals surface area contributed by atoms with E-state index < -0.39 is 15.8 Å². The Hall–Kier alpha value is -1.51. The van der Waals surface area contributed by atoms with Crippen molar-refractivity contribution < 1.29 is 22.3 Å². The molecule has 0 spiro atoms. The maximum atomic E-state index is 13.0. The molecule has 1 amide bonds. The molecule has 2 saturated heterocycles. The number of amides is 1. The molecule has 0 aliphatic carbocycles. The second kappa shape index (κ2) is 6.18. The first kappa shape index (κ1) is 16.4. The summed E-state index contributed by atoms with van der Waals surface area (Å²) in [5.74, 6) is -0.508. The summed E-state index contributed by atoms with van der Waals surface area (Å²) in [7, 11) is -2.09. The van der Waals surface area contributed by atoms with E-state index in [9.17, 15) is 17.6 Å². The lowest BCUT2D eigenvalue weighted by atomic mass is 9.90. The quantitative estimate of drug-likeness (QED) is 0.869. The number of nitrogens with one attached hydrogen (secondary N) is 1. The standard InChI is InChI=1S/C15H19FN2O4S/c1-17-15(19)6-10-9-22-14-8-18(7-13(10)14)23(20,21)12-4-2-11(16)3-5-12/h2-5,10,13-14H,6-9H2,1H3,(H,17,19)/t10-,13-,14-/m1/s1. The number of rotatable bonds is 4. The Morgan fingerprint density at radius 3 is 2.70 bits per heavy atom. The lowest BCUT2D eigenvalue weighted by Crippen LogP contribution is -2.32. The van der Waals surface area contributed by atoms with Crippen LogP contribution in [0.1, 0.15) is 6.42 Å². The molecule has 2 heterocycles. The van der Waals surface area contributed by atoms with Gasteiger partial charge in [-0.3, -0.25) is 4.79 Å². The summed E-state index contributed by atoms with van der Waals surface area (Å²) in [5, 5.41) is 2.58. The molecule has 8 heteroatoms. The van der Waals surface area contributed by atoms with E-state index in [-0.39, 0.29) is 35.3 Å². The number of carbonyl (C=O) groups excluding carboxylic acids is 1. The van der Waals surface area contributed by atoms with Crippen LogP contribution in [0.5, 0.6) is 0 Å². The number of benzene rings is 1. The molecule has 0 unspecified atom stereocenters. The number of sulfonamides is 1. The molecule has 23 heavy (non-hydrogen) atoms. The Bertz CT molecular complexity index is 692. The third-order valence-electron chi connectivity index (χ3n) is 4.58. The van der Waals surface area contributed by atoms with E-state index in [1.54, 1.807) is 7.05 Å². The topological polar surface area (TPSA) is 75.7 Å². The van der Waals surface area contributed by atoms with Crippen LogP contribution in [0.25, 0.3) is 0 Å². The van der Waals surface area contributed by atoms with E-state index >= 15 is 0 Å². The van der Waals surface area contributed by atoms with Gasteiger partial charge in [-0.25, -0.2) is 12.8 Å². The van der Waals surface area contributed by atoms with Gasteiger partial charge in [0, 0.05) is 32.5 Å². The van der Waals surface area contributed by atoms with Gasteiger partial charge in [0.2, 0.25) is 15.9 Å². The molecule has 6 nitrogen and oxygen atoms in total. The maximum Gasteiger partial charge on any atom is 0.243 e. The van der Waals surface area contributed by atoms with Crippen molar-refractivity contribution in [2.24, 2.45) is 11.8 Å². The van der Waals surface area contributed by atoms with Crippen molar-refractivity contribution in [3.63, 3.8) is 0 Å². The van der Waals surface area contributed by atoms with Crippen molar-refractivity contribution in [1.29, 1.82) is 0 Å². The lowest BCUT2D eigenvalue weighted by molar-refractivity contribution is -0.121. The minimum Gasteiger partial charge on any atom is -0.376 e. The normalized spacial score (nSPS) is 27.8. The second-order valence-corrected chi connectivity index (χ2v) is 7.89. The first-order valence-electron chi connectivity index (χ1n) is 7.49. The van der Waals surface area contributed by atoms with Gasteiger partial charge < -0.3 is 10.1 Å². The van der Waals surface area contributed by atoms with Gasteiger partial charge in [-0.1, -0.05) is 0 Å². The van der Waals surface area contributed by atoms with Gasteiger partial charge in [-0.05, 0) is 30.2 Å². The number of ether oxygens (including phenoxy) is 1. The second-order valence-electron chi connectivity index (χ2n) is 5.95. The summed E-state index contributed by atoms with van der Waals surface area (Å²) >= 11 is 0. The molecule has 1 aromatic carbocycles. The van der Waals surface area contributed by atoms with Gasteiger partial charge in [0.05, 0.1) is 17.6 Å². The van der Waals surface area contributed by atoms with E-state index in [1.807, 2.05) is 0 Å². The summed E-state index contributed by atoms with van der Waals surface area (Å²) in [6.45, 7) is 1.08. The average Bonchev–Trinajstić information content (AvgIpc) is 3.10. The van der Waals surface area contributed by atoms with E-state index in [0.717, 1.165) is 12.1 Å². The number of hydrogen-bond acceptors (Lipinski definition) is 4. The Morgan fingerprint density at radius 1 is 1.35 bits per heavy atom. The molecule has 0 saturated carbocycles. The van der Waals surface area contributed by atoms with Crippen molar-refractivity contribution in [1.82, 2.24) is 9.62 Å². The van der Waals surface area contributed by atoms with Gasteiger partial charge in [-0.15, -0.1) is 0 Å². The predicted octanol–water partition coefficient (Wildman–Crippen LogP) is 0.597. The van der Waals surface area contributed by atoms with Crippen LogP contribution in [0.2, 0.25) is 0 Å². The fourth-order valence-corrected chi connectivity index (χ4v) is 4.76. The van der Waals surface area contributed by atoms with Crippen LogP contribution in [-0.4, -0.2) is 51.5 Å². The van der Waals surface area contributed by atoms with Crippen LogP contribution >= 0.6 is 0 Å². The molecule has 0 radical (unpaired) electrons. The summed E-state index contributed by atoms with van der Waals surface area (Å²) in [5.41, 5.74) is 0. The summed E-state index contributed by atoms with van der Waals surface area (Å²) in [6, 6.07) is 4.80. The van der Waals surface area contributed by atoms with Crippen molar-refractivity contribution >= 4 is 15.9 Å². The first-order valence-corrected chi connectivity index (χ1v) is 8.93. The molecule has 2 aliphatic rings. The Balaban J connectivity index is 1.74. The summed E-state index contributed by atoms with van der Waals surface area (Å²) in [4.78, 5) is 11.6. The van der Waals surface area contributed by atoms with E-state index in [2.05, 4.69) is 5.32 Å². The van der Waals surface area contributed by atoms with Crippen LogP contribution in [0.4, 0.5) is 4.39 Å². The van der Waals surface area contributed by atoms with Crippen molar-refractivity contribution in [2.45, 2.75) is 17.4 Å². The molecule has 1 aromatic rings. The van der Waals surface area contributed by atoms with E-state index in [4.69, 9.17) is 4.74 Å². The monoisotopic (exact) mass is 342 g/mol. The zero-order chi connectivity index (χ0) is 16.6. The fourth-order valence-electron chi connectivity index (χ4n) is 3.27. The van der Waals surface area contributed by atoms with Crippen molar-refractivity contribution in [2.75, 3.05) is 26.7 Å². The molecule has 3 atom stereocenters. The molecule has 1 N–H and O–H groups in total. The Morgan fingerprint density at radius 2 is 2.04 bits per heavy atom. The number of carbonyl (C=O) groups is 1. The number of hydrogen-bond donors (Lipinski definition) is 1. The first-order chi connectivity index (χ1) is 10.9. The van der Waals surface area contributed by atoms with Gasteiger partial charge in [-0.2, -0.15) is 4.31 Å². The predicted molar refractivity (Wildman–Crippen MR) is 80.6 cm³/mol. The van der Waals surface area contributed by atoms with Crippen LogP contribution in [0.3, 0.4) is 0 Å². The van der Waals surface area contributed by atoms with E-state index in [0.29, 0.717) is 19.6 Å². The van der Waals surface area contributed by atoms with Crippen LogP contribution < -0.4 is 5.32 Å². The minimum absolute atomic E-state index is 0.0162. The highest BCUT2D eigenvalue weighted by Gasteiger charge is 2.47. The largest absolute Gasteiger partial charge is 0.376 e. The average molecular weight is 342 g/mol. The number of fused-ring (bicyclic) bond motifs is 1. The molecule has 0 aromatic heterocycles. The minimum atomic E-state index is -3.67. The fraction of sp³-hybridized carbons (Fsp3) is 0.533. The summed E-state index contributed by atoms with van der Waals surface area (Å²) < 4.78 is 45.3. The molecule has 3 rings (SSSR count).